The van der Waals surface area contributed by atoms with Crippen LogP contribution in [0.15, 0.2) is 36.4 Å². The van der Waals surface area contributed by atoms with Gasteiger partial charge in [0.1, 0.15) is 11.9 Å². The topological polar surface area (TPSA) is 15.7 Å². The van der Waals surface area contributed by atoms with Crippen LogP contribution in [0.4, 0.5) is 0 Å². The number of halogens is 2. The summed E-state index contributed by atoms with van der Waals surface area (Å²) in [5, 5.41) is 1.43. The van der Waals surface area contributed by atoms with Crippen molar-refractivity contribution in [1.29, 1.82) is 0 Å². The fourth-order valence-electron chi connectivity index (χ4n) is 4.61. The van der Waals surface area contributed by atoms with Crippen molar-refractivity contribution in [2.75, 3.05) is 27.2 Å². The van der Waals surface area contributed by atoms with E-state index in [1.165, 1.54) is 18.4 Å². The molecule has 1 aliphatic heterocycles. The summed E-state index contributed by atoms with van der Waals surface area (Å²) in [6, 6.07) is 13.0. The molecule has 0 spiro atoms. The van der Waals surface area contributed by atoms with Crippen LogP contribution in [-0.2, 0) is 6.42 Å². The van der Waals surface area contributed by atoms with Gasteiger partial charge >= 0.3 is 0 Å². The Kier molecular flexibility index (Phi) is 5.89. The number of nitrogens with zero attached hydrogens (tertiary/aromatic N) is 2. The molecule has 2 aliphatic rings. The Morgan fingerprint density at radius 2 is 1.93 bits per heavy atom. The predicted octanol–water partition coefficient (Wildman–Crippen LogP) is 5.37. The Balaban J connectivity index is 1.69. The molecular weight excluding hydrogens is 391 g/mol. The van der Waals surface area contributed by atoms with Crippen LogP contribution in [0.1, 0.15) is 35.6 Å². The predicted molar refractivity (Wildman–Crippen MR) is 117 cm³/mol. The van der Waals surface area contributed by atoms with Crippen LogP contribution in [-0.4, -0.2) is 49.1 Å². The fourth-order valence-corrected chi connectivity index (χ4v) is 5.20. The van der Waals surface area contributed by atoms with Crippen LogP contribution in [0.2, 0.25) is 10.0 Å². The third-order valence-corrected chi connectivity index (χ3v) is 6.79. The highest BCUT2D eigenvalue weighted by atomic mass is 35.5. The van der Waals surface area contributed by atoms with Gasteiger partial charge in [0.15, 0.2) is 0 Å². The Bertz CT molecular complexity index is 854. The summed E-state index contributed by atoms with van der Waals surface area (Å²) in [6.45, 7) is 4.25. The molecule has 0 radical (unpaired) electrons. The number of piperidine rings is 1. The molecule has 2 aromatic carbocycles. The largest absolute Gasteiger partial charge is 0.484 e. The van der Waals surface area contributed by atoms with Gasteiger partial charge in [-0.3, -0.25) is 4.90 Å². The Morgan fingerprint density at radius 1 is 1.14 bits per heavy atom. The smallest absolute Gasteiger partial charge is 0.140 e. The van der Waals surface area contributed by atoms with Gasteiger partial charge in [-0.1, -0.05) is 41.4 Å². The minimum Gasteiger partial charge on any atom is -0.484 e. The lowest BCUT2D eigenvalue weighted by molar-refractivity contribution is 0.0378. The van der Waals surface area contributed by atoms with Gasteiger partial charge < -0.3 is 9.64 Å². The van der Waals surface area contributed by atoms with Gasteiger partial charge in [0.2, 0.25) is 0 Å². The zero-order valence-electron chi connectivity index (χ0n) is 16.8. The molecule has 0 aromatic heterocycles. The number of fused-ring (bicyclic) bond motifs is 1. The molecular formula is C23H28Cl2N2O. The number of likely N-dealkylation sites (N-methyl/N-ethyl adjacent to an activating group) is 1. The van der Waals surface area contributed by atoms with E-state index >= 15 is 0 Å². The highest BCUT2D eigenvalue weighted by molar-refractivity contribution is 6.35. The van der Waals surface area contributed by atoms with E-state index in [-0.39, 0.29) is 12.1 Å². The van der Waals surface area contributed by atoms with Crippen LogP contribution in [0, 0.1) is 6.92 Å². The molecule has 0 unspecified atom stereocenters. The maximum absolute atomic E-state index is 6.63. The number of aryl methyl sites for hydroxylation is 1. The van der Waals surface area contributed by atoms with Crippen molar-refractivity contribution < 1.29 is 4.74 Å². The summed E-state index contributed by atoms with van der Waals surface area (Å²) >= 11 is 13.0. The average Bonchev–Trinajstić information content (AvgIpc) is 3.02. The van der Waals surface area contributed by atoms with E-state index in [0.29, 0.717) is 11.1 Å². The van der Waals surface area contributed by atoms with Crippen molar-refractivity contribution in [3.63, 3.8) is 0 Å². The molecule has 1 saturated heterocycles. The van der Waals surface area contributed by atoms with Gasteiger partial charge in [-0.15, -0.1) is 0 Å². The van der Waals surface area contributed by atoms with Crippen LogP contribution >= 0.6 is 23.2 Å². The molecule has 4 rings (SSSR count). The zero-order chi connectivity index (χ0) is 19.8. The number of hydrogen-bond acceptors (Lipinski definition) is 3. The minimum atomic E-state index is -0.0618. The first-order valence-electron chi connectivity index (χ1n) is 10.0. The average molecular weight is 419 g/mol. The zero-order valence-corrected chi connectivity index (χ0v) is 18.3. The second kappa shape index (κ2) is 8.23. The monoisotopic (exact) mass is 418 g/mol. The van der Waals surface area contributed by atoms with E-state index in [1.54, 1.807) is 0 Å². The first-order valence-corrected chi connectivity index (χ1v) is 10.8. The van der Waals surface area contributed by atoms with Crippen molar-refractivity contribution in [2.24, 2.45) is 0 Å². The molecule has 1 heterocycles. The number of para-hydroxylation sites is 1. The summed E-state index contributed by atoms with van der Waals surface area (Å²) < 4.78 is 6.63. The van der Waals surface area contributed by atoms with Crippen molar-refractivity contribution in [2.45, 2.75) is 44.4 Å². The molecule has 1 aliphatic carbocycles. The summed E-state index contributed by atoms with van der Waals surface area (Å²) in [7, 11) is 4.35. The summed E-state index contributed by atoms with van der Waals surface area (Å²) in [5.41, 5.74) is 3.46. The Labute approximate surface area is 178 Å². The summed E-state index contributed by atoms with van der Waals surface area (Å²) in [6.07, 6.45) is 3.30. The lowest BCUT2D eigenvalue weighted by Crippen LogP contribution is -2.51. The van der Waals surface area contributed by atoms with E-state index < -0.39 is 0 Å². The first-order chi connectivity index (χ1) is 13.4. The fraction of sp³-hybridized carbons (Fsp3) is 0.478. The number of hydrogen-bond donors (Lipinski definition) is 0. The van der Waals surface area contributed by atoms with Crippen molar-refractivity contribution in [3.05, 3.63) is 63.1 Å². The molecule has 0 saturated carbocycles. The SMILES string of the molecule is Cc1ccccc1O[C@H]1c2cc(Cl)cc(Cl)c2C[C@@H]1N1CCC[C@@H](N(C)C)C1. The molecule has 3 nitrogen and oxygen atoms in total. The van der Waals surface area contributed by atoms with Gasteiger partial charge in [0.25, 0.3) is 0 Å². The third kappa shape index (κ3) is 3.91. The van der Waals surface area contributed by atoms with Gasteiger partial charge in [-0.2, -0.15) is 0 Å². The number of rotatable bonds is 4. The molecule has 3 atom stereocenters. The summed E-state index contributed by atoms with van der Waals surface area (Å²) in [4.78, 5) is 4.94. The Morgan fingerprint density at radius 3 is 2.68 bits per heavy atom. The molecule has 2 aromatic rings. The highest BCUT2D eigenvalue weighted by Gasteiger charge is 2.41. The van der Waals surface area contributed by atoms with E-state index in [0.717, 1.165) is 41.4 Å². The van der Waals surface area contributed by atoms with Crippen LogP contribution in [0.3, 0.4) is 0 Å². The third-order valence-electron chi connectivity index (χ3n) is 6.24. The first kappa shape index (κ1) is 20.0. The molecule has 150 valence electrons. The van der Waals surface area contributed by atoms with Crippen molar-refractivity contribution in [1.82, 2.24) is 9.80 Å². The van der Waals surface area contributed by atoms with E-state index in [4.69, 9.17) is 27.9 Å². The molecule has 0 amide bonds. The van der Waals surface area contributed by atoms with Crippen LogP contribution < -0.4 is 4.74 Å². The second-order valence-electron chi connectivity index (χ2n) is 8.29. The highest BCUT2D eigenvalue weighted by Crippen LogP contribution is 2.43. The number of likely N-dealkylation sites (tertiary alicyclic amines) is 1. The number of benzene rings is 2. The van der Waals surface area contributed by atoms with E-state index in [9.17, 15) is 0 Å². The summed E-state index contributed by atoms with van der Waals surface area (Å²) in [5.74, 6) is 0.933. The molecule has 5 heteroatoms. The molecule has 28 heavy (non-hydrogen) atoms. The molecule has 1 fully saturated rings. The maximum Gasteiger partial charge on any atom is 0.140 e. The lowest BCUT2D eigenvalue weighted by Gasteiger charge is -2.41. The normalized spacial score (nSPS) is 25.1. The van der Waals surface area contributed by atoms with E-state index in [2.05, 4.69) is 43.0 Å². The Hall–Kier alpha value is -1.26. The van der Waals surface area contributed by atoms with Gasteiger partial charge in [-0.25, -0.2) is 0 Å². The van der Waals surface area contributed by atoms with Gasteiger partial charge in [-0.05, 0) is 76.2 Å². The van der Waals surface area contributed by atoms with Gasteiger partial charge in [0.05, 0.1) is 6.04 Å². The van der Waals surface area contributed by atoms with Crippen LogP contribution in [0.5, 0.6) is 5.75 Å². The maximum atomic E-state index is 6.63. The van der Waals surface area contributed by atoms with E-state index in [1.807, 2.05) is 24.3 Å². The standard InChI is InChI=1S/C23H28Cl2N2O/c1-15-7-4-5-9-22(15)28-23-19-11-16(24)12-20(25)18(19)13-21(23)27-10-6-8-17(14-27)26(2)3/h4-5,7,9,11-12,17,21,23H,6,8,10,13-14H2,1-3H3/t17-,21+,23+/m1/s1. The lowest BCUT2D eigenvalue weighted by atomic mass is 10.0. The number of ether oxygens (including phenoxy) is 1. The van der Waals surface area contributed by atoms with Crippen molar-refractivity contribution in [3.8, 4) is 5.75 Å². The van der Waals surface area contributed by atoms with Crippen LogP contribution in [0.25, 0.3) is 0 Å². The quantitative estimate of drug-likeness (QED) is 0.663. The minimum absolute atomic E-state index is 0.0618. The molecule has 0 N–H and O–H groups in total. The van der Waals surface area contributed by atoms with Gasteiger partial charge in [0, 0.05) is 28.2 Å². The van der Waals surface area contributed by atoms with Crippen molar-refractivity contribution >= 4 is 23.2 Å². The molecule has 0 bridgehead atoms. The second-order valence-corrected chi connectivity index (χ2v) is 9.13.